The first kappa shape index (κ1) is 46.1. The lowest BCUT2D eigenvalue weighted by atomic mass is 10.4. The van der Waals surface area contributed by atoms with Crippen molar-refractivity contribution in [1.29, 1.82) is 0 Å². The van der Waals surface area contributed by atoms with Crippen molar-refractivity contribution in [2.75, 3.05) is 43.6 Å². The highest BCUT2D eigenvalue weighted by atomic mass is 32.2. The summed E-state index contributed by atoms with van der Waals surface area (Å²) in [6.45, 7) is 26.2. The van der Waals surface area contributed by atoms with Gasteiger partial charge in [-0.2, -0.15) is 11.8 Å². The minimum atomic E-state index is 0.0231. The maximum atomic E-state index is 10.4. The van der Waals surface area contributed by atoms with Gasteiger partial charge in [-0.25, -0.2) is 0 Å². The van der Waals surface area contributed by atoms with E-state index in [1.54, 1.807) is 54.4 Å². The number of thioether (sulfide) groups is 6. The average molecular weight is 631 g/mol. The second-order valence-corrected chi connectivity index (χ2v) is 12.8. The molecule has 10 heteroatoms. The van der Waals surface area contributed by atoms with Crippen LogP contribution in [-0.4, -0.2) is 69.4 Å². The number of carbonyl (C=O) groups excluding carboxylic acids is 2. The van der Waals surface area contributed by atoms with Gasteiger partial charge in [0.25, 0.3) is 0 Å². The van der Waals surface area contributed by atoms with Gasteiger partial charge in [-0.15, -0.1) is 35.3 Å². The molecule has 0 amide bonds. The molecule has 2 unspecified atom stereocenters. The van der Waals surface area contributed by atoms with Gasteiger partial charge < -0.3 is 4.74 Å². The van der Waals surface area contributed by atoms with E-state index in [-0.39, 0.29) is 10.2 Å². The Kier molecular flexibility index (Phi) is 47.8. The Bertz CT molecular complexity index is 597. The molecule has 210 valence electrons. The SMILES string of the molecule is C=C(C)C(=O)SC.C=C(C)SC.C=CC(=O)SC.C=CC(=S)SC.C=CSC.CC1CO1.CC1CS1. The molecular weight excluding hydrogens is 585 g/mol. The predicted molar refractivity (Wildman–Crippen MR) is 188 cm³/mol. The van der Waals surface area contributed by atoms with Crippen molar-refractivity contribution >= 4 is 97.2 Å². The van der Waals surface area contributed by atoms with Gasteiger partial charge in [-0.05, 0) is 80.1 Å². The van der Waals surface area contributed by atoms with Crippen LogP contribution in [0.3, 0.4) is 0 Å². The monoisotopic (exact) mass is 630 g/mol. The fraction of sp³-hybridized carbons (Fsp3) is 0.500. The summed E-state index contributed by atoms with van der Waals surface area (Å²) in [6.07, 6.45) is 12.9. The van der Waals surface area contributed by atoms with Gasteiger partial charge in [0.2, 0.25) is 10.2 Å². The van der Waals surface area contributed by atoms with Gasteiger partial charge in [0.15, 0.2) is 0 Å². The molecule has 0 saturated carbocycles. The zero-order valence-electron chi connectivity index (χ0n) is 23.4. The predicted octanol–water partition coefficient (Wildman–Crippen LogP) is 9.28. The van der Waals surface area contributed by atoms with Crippen molar-refractivity contribution in [2.24, 2.45) is 0 Å². The first-order valence-corrected chi connectivity index (χ1v) is 18.1. The molecule has 2 aliphatic heterocycles. The van der Waals surface area contributed by atoms with Crippen LogP contribution in [-0.2, 0) is 14.3 Å². The van der Waals surface area contributed by atoms with Gasteiger partial charge in [0.05, 0.1) is 16.9 Å². The average Bonchev–Trinajstić information content (AvgIpc) is 3.84. The van der Waals surface area contributed by atoms with Gasteiger partial charge in [-0.1, -0.05) is 75.6 Å². The molecule has 2 atom stereocenters. The van der Waals surface area contributed by atoms with Crippen molar-refractivity contribution in [3.63, 3.8) is 0 Å². The third-order valence-corrected chi connectivity index (χ3v) is 7.34. The molecule has 2 rings (SSSR count). The van der Waals surface area contributed by atoms with E-state index < -0.39 is 0 Å². The van der Waals surface area contributed by atoms with Gasteiger partial charge in [0, 0.05) is 11.0 Å². The van der Waals surface area contributed by atoms with Gasteiger partial charge in [-0.3, -0.25) is 9.59 Å². The van der Waals surface area contributed by atoms with E-state index in [9.17, 15) is 9.59 Å². The standard InChI is InChI=1S/C5H8OS.C4H6OS.C4H6S2.C4H8S.C3H6O.2C3H6S/c1-4(2)5(6)7-3;2*1-3-4(5)6-2;1-4(2)5-3;2*1-3-2-4-3;1-3-4-2/h1H2,2-3H3;2*3H,1H2,2H3;1H2,2-3H3;2*3H,2H2,1H3;3H,1H2,2H3. The van der Waals surface area contributed by atoms with Crippen molar-refractivity contribution in [2.45, 2.75) is 39.0 Å². The number of thiocarbonyl (C=S) groups is 1. The van der Waals surface area contributed by atoms with E-state index >= 15 is 0 Å². The molecule has 0 N–H and O–H groups in total. The van der Waals surface area contributed by atoms with Crippen LogP contribution in [0, 0.1) is 0 Å². The summed E-state index contributed by atoms with van der Waals surface area (Å²) < 4.78 is 5.56. The Labute approximate surface area is 253 Å². The molecular formula is C26H46O3S7. The Morgan fingerprint density at radius 2 is 1.28 bits per heavy atom. The zero-order chi connectivity index (χ0) is 29.5. The van der Waals surface area contributed by atoms with Crippen LogP contribution in [0.25, 0.3) is 0 Å². The van der Waals surface area contributed by atoms with E-state index in [4.69, 9.17) is 17.0 Å². The summed E-state index contributed by atoms with van der Waals surface area (Å²) >= 11 is 13.9. The summed E-state index contributed by atoms with van der Waals surface area (Å²) in [5.74, 6) is 1.40. The Morgan fingerprint density at radius 1 is 0.917 bits per heavy atom. The Hall–Kier alpha value is 0.190. The third kappa shape index (κ3) is 70.0. The number of allylic oxidation sites excluding steroid dienone is 1. The summed E-state index contributed by atoms with van der Waals surface area (Å²) in [4.78, 5) is 21.6. The summed E-state index contributed by atoms with van der Waals surface area (Å²) in [7, 11) is 0. The molecule has 0 bridgehead atoms. The van der Waals surface area contributed by atoms with Crippen molar-refractivity contribution in [3.05, 3.63) is 60.9 Å². The molecule has 2 saturated heterocycles. The van der Waals surface area contributed by atoms with Crippen LogP contribution in [0.4, 0.5) is 0 Å². The lowest BCUT2D eigenvalue weighted by Gasteiger charge is -1.87. The van der Waals surface area contributed by atoms with E-state index in [1.165, 1.54) is 52.0 Å². The fourth-order valence-corrected chi connectivity index (χ4v) is 1.41. The second kappa shape index (κ2) is 37.3. The number of rotatable bonds is 5. The first-order valence-electron chi connectivity index (χ1n) is 10.5. The van der Waals surface area contributed by atoms with Crippen LogP contribution in [0.5, 0.6) is 0 Å². The Balaban J connectivity index is -0.000000105. The first-order chi connectivity index (χ1) is 16.8. The van der Waals surface area contributed by atoms with Crippen LogP contribution >= 0.6 is 82.8 Å². The molecule has 3 nitrogen and oxygen atoms in total. The third-order valence-electron chi connectivity index (χ3n) is 2.78. The number of epoxide rings is 1. The molecule has 2 heterocycles. The molecule has 2 aliphatic rings. The van der Waals surface area contributed by atoms with Crippen molar-refractivity contribution < 1.29 is 14.3 Å². The number of hydrogen-bond donors (Lipinski definition) is 0. The van der Waals surface area contributed by atoms with E-state index in [1.807, 2.05) is 37.5 Å². The maximum absolute atomic E-state index is 10.4. The Morgan fingerprint density at radius 3 is 1.28 bits per heavy atom. The smallest absolute Gasteiger partial charge is 0.214 e. The van der Waals surface area contributed by atoms with Gasteiger partial charge in [0.1, 0.15) is 0 Å². The molecule has 0 aliphatic carbocycles. The highest BCUT2D eigenvalue weighted by Crippen LogP contribution is 2.28. The van der Waals surface area contributed by atoms with E-state index in [0.717, 1.165) is 16.1 Å². The summed E-state index contributed by atoms with van der Waals surface area (Å²) in [5.41, 5.74) is 0.618. The number of carbonyl (C=O) groups is 2. The molecule has 0 aromatic heterocycles. The van der Waals surface area contributed by atoms with Crippen molar-refractivity contribution in [1.82, 2.24) is 0 Å². The minimum Gasteiger partial charge on any atom is -0.373 e. The quantitative estimate of drug-likeness (QED) is 0.167. The normalized spacial score (nSPS) is 14.7. The zero-order valence-corrected chi connectivity index (χ0v) is 29.1. The molecule has 36 heavy (non-hydrogen) atoms. The topological polar surface area (TPSA) is 46.7 Å². The lowest BCUT2D eigenvalue weighted by molar-refractivity contribution is -0.108. The minimum absolute atomic E-state index is 0.0231. The summed E-state index contributed by atoms with van der Waals surface area (Å²) in [5, 5.41) is 2.88. The molecule has 0 radical (unpaired) electrons. The molecule has 0 spiro atoms. The van der Waals surface area contributed by atoms with Crippen molar-refractivity contribution in [3.8, 4) is 0 Å². The van der Waals surface area contributed by atoms with E-state index in [0.29, 0.717) is 11.7 Å². The van der Waals surface area contributed by atoms with Gasteiger partial charge >= 0.3 is 0 Å². The highest BCUT2D eigenvalue weighted by molar-refractivity contribution is 8.23. The fourth-order valence-electron chi connectivity index (χ4n) is 0.533. The van der Waals surface area contributed by atoms with E-state index in [2.05, 4.69) is 46.7 Å². The van der Waals surface area contributed by atoms with Crippen LogP contribution in [0.15, 0.2) is 60.9 Å². The number of hydrogen-bond acceptors (Lipinski definition) is 10. The number of ether oxygens (including phenoxy) is 1. The second-order valence-electron chi connectivity index (χ2n) is 6.32. The highest BCUT2D eigenvalue weighted by Gasteiger charge is 2.13. The molecule has 0 aromatic rings. The van der Waals surface area contributed by atoms with Crippen LogP contribution in [0.1, 0.15) is 27.7 Å². The van der Waals surface area contributed by atoms with Crippen LogP contribution < -0.4 is 0 Å². The molecule has 2 fully saturated rings. The largest absolute Gasteiger partial charge is 0.373 e. The maximum Gasteiger partial charge on any atom is 0.214 e. The summed E-state index contributed by atoms with van der Waals surface area (Å²) in [6, 6.07) is 0. The molecule has 0 aromatic carbocycles. The lowest BCUT2D eigenvalue weighted by Crippen LogP contribution is -1.87. The van der Waals surface area contributed by atoms with Crippen LogP contribution in [0.2, 0.25) is 0 Å².